The first-order chi connectivity index (χ1) is 14.7. The van der Waals surface area contributed by atoms with Crippen LogP contribution in [0.3, 0.4) is 0 Å². The Morgan fingerprint density at radius 3 is 2.45 bits per heavy atom. The molecule has 0 atom stereocenters. The third-order valence-corrected chi connectivity index (χ3v) is 5.49. The van der Waals surface area contributed by atoms with E-state index >= 15 is 0 Å². The average molecular weight is 436 g/mol. The third-order valence-electron chi connectivity index (χ3n) is 4.88. The van der Waals surface area contributed by atoms with Crippen LogP contribution in [0.2, 0.25) is 0 Å². The van der Waals surface area contributed by atoms with Crippen LogP contribution >= 0.6 is 0 Å². The van der Waals surface area contributed by atoms with Gasteiger partial charge in [-0.1, -0.05) is 48.0 Å². The van der Waals surface area contributed by atoms with Gasteiger partial charge in [0.05, 0.1) is 22.9 Å². The van der Waals surface area contributed by atoms with Crippen molar-refractivity contribution in [3.63, 3.8) is 0 Å². The fourth-order valence-corrected chi connectivity index (χ4v) is 4.10. The van der Waals surface area contributed by atoms with Gasteiger partial charge in [0.25, 0.3) is 0 Å². The second kappa shape index (κ2) is 7.88. The van der Waals surface area contributed by atoms with E-state index in [1.165, 1.54) is 0 Å². The number of sulfonamides is 1. The van der Waals surface area contributed by atoms with Crippen molar-refractivity contribution in [1.82, 2.24) is 9.55 Å². The van der Waals surface area contributed by atoms with Gasteiger partial charge in [0, 0.05) is 17.8 Å². The summed E-state index contributed by atoms with van der Waals surface area (Å²) in [4.78, 5) is 16.6. The lowest BCUT2D eigenvalue weighted by Gasteiger charge is -2.12. The molecule has 0 radical (unpaired) electrons. The Morgan fingerprint density at radius 2 is 1.77 bits per heavy atom. The molecule has 0 saturated carbocycles. The van der Waals surface area contributed by atoms with E-state index in [1.807, 2.05) is 41.8 Å². The summed E-state index contributed by atoms with van der Waals surface area (Å²) in [7, 11) is -3.44. The van der Waals surface area contributed by atoms with E-state index in [0.717, 1.165) is 17.4 Å². The lowest BCUT2D eigenvalue weighted by molar-refractivity contribution is 0.0698. The number of fused-ring (bicyclic) bond motifs is 1. The first kappa shape index (κ1) is 20.6. The van der Waals surface area contributed by atoms with E-state index in [-0.39, 0.29) is 5.56 Å². The number of hydrogen-bond donors (Lipinski definition) is 2. The minimum Gasteiger partial charge on any atom is -0.478 e. The van der Waals surface area contributed by atoms with Crippen LogP contribution in [0.25, 0.3) is 22.4 Å². The highest BCUT2D eigenvalue weighted by atomic mass is 32.2. The van der Waals surface area contributed by atoms with Gasteiger partial charge < -0.3 is 9.67 Å². The van der Waals surface area contributed by atoms with E-state index in [2.05, 4.69) is 4.72 Å². The van der Waals surface area contributed by atoms with Gasteiger partial charge >= 0.3 is 5.97 Å². The summed E-state index contributed by atoms with van der Waals surface area (Å²) in [6.07, 6.45) is 1.09. The van der Waals surface area contributed by atoms with Crippen molar-refractivity contribution in [2.24, 2.45) is 0 Å². The number of carboxylic acid groups (broad SMARTS) is 1. The van der Waals surface area contributed by atoms with Gasteiger partial charge in [-0.05, 0) is 36.8 Å². The van der Waals surface area contributed by atoms with Crippen molar-refractivity contribution in [2.75, 3.05) is 11.0 Å². The zero-order valence-electron chi connectivity index (χ0n) is 17.0. The molecule has 3 aromatic carbocycles. The molecule has 4 rings (SSSR count). The number of hydrogen-bond acceptors (Lipinski definition) is 4. The molecule has 0 unspecified atom stereocenters. The van der Waals surface area contributed by atoms with Crippen molar-refractivity contribution >= 4 is 32.7 Å². The monoisotopic (exact) mass is 435 g/mol. The highest BCUT2D eigenvalue weighted by Gasteiger charge is 2.19. The molecule has 0 amide bonds. The van der Waals surface area contributed by atoms with Crippen LogP contribution in [0, 0.1) is 6.92 Å². The van der Waals surface area contributed by atoms with Gasteiger partial charge in [0.15, 0.2) is 0 Å². The number of nitrogens with one attached hydrogen (secondary N) is 1. The Morgan fingerprint density at radius 1 is 1.06 bits per heavy atom. The highest BCUT2D eigenvalue weighted by molar-refractivity contribution is 7.92. The molecule has 158 valence electrons. The second-order valence-corrected chi connectivity index (χ2v) is 9.19. The fraction of sp³-hybridized carbons (Fsp3) is 0.130. The van der Waals surface area contributed by atoms with Crippen LogP contribution < -0.4 is 4.72 Å². The Kier molecular flexibility index (Phi) is 5.24. The smallest absolute Gasteiger partial charge is 0.337 e. The number of benzene rings is 3. The first-order valence-corrected chi connectivity index (χ1v) is 11.5. The molecule has 0 saturated heterocycles. The number of carbonyl (C=O) groups is 1. The molecule has 1 heterocycles. The summed E-state index contributed by atoms with van der Waals surface area (Å²) in [5.41, 5.74) is 4.45. The van der Waals surface area contributed by atoms with Crippen LogP contribution in [0.5, 0.6) is 0 Å². The average Bonchev–Trinajstić information content (AvgIpc) is 3.07. The molecular weight excluding hydrogens is 414 g/mol. The molecular formula is C23H21N3O4S. The number of aromatic nitrogens is 2. The second-order valence-electron chi connectivity index (χ2n) is 7.44. The molecule has 2 N–H and O–H groups in total. The minimum atomic E-state index is -3.44. The predicted octanol–water partition coefficient (Wildman–Crippen LogP) is 4.13. The molecule has 0 aliphatic carbocycles. The molecule has 0 bridgehead atoms. The Hall–Kier alpha value is -3.65. The first-order valence-electron chi connectivity index (χ1n) is 9.57. The Balaban J connectivity index is 1.93. The largest absolute Gasteiger partial charge is 0.478 e. The number of rotatable bonds is 6. The molecule has 1 aromatic heterocycles. The van der Waals surface area contributed by atoms with Crippen LogP contribution in [-0.2, 0) is 16.6 Å². The summed E-state index contributed by atoms with van der Waals surface area (Å²) in [5, 5.41) is 9.74. The third kappa shape index (κ3) is 4.44. The maximum absolute atomic E-state index is 11.9. The van der Waals surface area contributed by atoms with Gasteiger partial charge in [-0.15, -0.1) is 0 Å². The normalized spacial score (nSPS) is 11.5. The molecule has 0 fully saturated rings. The maximum Gasteiger partial charge on any atom is 0.337 e. The number of nitrogens with zero attached hydrogens (tertiary/aromatic N) is 2. The van der Waals surface area contributed by atoms with Crippen LogP contribution in [0.1, 0.15) is 21.5 Å². The van der Waals surface area contributed by atoms with Gasteiger partial charge in [0.1, 0.15) is 5.82 Å². The molecule has 31 heavy (non-hydrogen) atoms. The van der Waals surface area contributed by atoms with Gasteiger partial charge in [-0.2, -0.15) is 0 Å². The zero-order chi connectivity index (χ0) is 22.2. The molecule has 8 heteroatoms. The topological polar surface area (TPSA) is 101 Å². The lowest BCUT2D eigenvalue weighted by Crippen LogP contribution is -2.10. The van der Waals surface area contributed by atoms with E-state index in [4.69, 9.17) is 4.98 Å². The van der Waals surface area contributed by atoms with Crippen molar-refractivity contribution in [1.29, 1.82) is 0 Å². The van der Waals surface area contributed by atoms with E-state index in [1.54, 1.807) is 36.4 Å². The Bertz CT molecular complexity index is 1390. The fourth-order valence-electron chi connectivity index (χ4n) is 3.54. The van der Waals surface area contributed by atoms with Crippen molar-refractivity contribution in [2.45, 2.75) is 13.5 Å². The minimum absolute atomic E-state index is 0.161. The van der Waals surface area contributed by atoms with Crippen molar-refractivity contribution in [3.05, 3.63) is 83.4 Å². The van der Waals surface area contributed by atoms with Gasteiger partial charge in [-0.25, -0.2) is 18.2 Å². The van der Waals surface area contributed by atoms with Gasteiger partial charge in [0.2, 0.25) is 10.0 Å². The maximum atomic E-state index is 11.9. The number of carboxylic acids is 1. The van der Waals surface area contributed by atoms with E-state index < -0.39 is 16.0 Å². The standard InChI is InChI=1S/C23H21N3O4S/c1-15-9-11-16(12-10-15)14-26-21-19(23(27)28)7-4-8-20(21)24-22(26)17-5-3-6-18(13-17)25-31(2,29)30/h3-13,25H,14H2,1-2H3,(H,27,28). The van der Waals surface area contributed by atoms with Crippen LogP contribution in [0.15, 0.2) is 66.7 Å². The predicted molar refractivity (Wildman–Crippen MR) is 121 cm³/mol. The summed E-state index contributed by atoms with van der Waals surface area (Å²) < 4.78 is 27.6. The van der Waals surface area contributed by atoms with Crippen molar-refractivity contribution in [3.8, 4) is 11.4 Å². The molecule has 0 aliphatic heterocycles. The SMILES string of the molecule is Cc1ccc(Cn2c(-c3cccc(NS(C)(=O)=O)c3)nc3cccc(C(=O)O)c32)cc1. The number of anilines is 1. The number of para-hydroxylation sites is 1. The summed E-state index contributed by atoms with van der Waals surface area (Å²) in [5.74, 6) is -0.476. The Labute approximate surface area is 180 Å². The molecule has 0 spiro atoms. The quantitative estimate of drug-likeness (QED) is 0.474. The summed E-state index contributed by atoms with van der Waals surface area (Å²) in [6.45, 7) is 2.42. The van der Waals surface area contributed by atoms with Crippen LogP contribution in [-0.4, -0.2) is 35.3 Å². The highest BCUT2D eigenvalue weighted by Crippen LogP contribution is 2.30. The van der Waals surface area contributed by atoms with E-state index in [9.17, 15) is 18.3 Å². The summed E-state index contributed by atoms with van der Waals surface area (Å²) >= 11 is 0. The molecule has 4 aromatic rings. The molecule has 7 nitrogen and oxygen atoms in total. The number of imidazole rings is 1. The number of aromatic carboxylic acids is 1. The lowest BCUT2D eigenvalue weighted by atomic mass is 10.1. The van der Waals surface area contributed by atoms with Crippen LogP contribution in [0.4, 0.5) is 5.69 Å². The van der Waals surface area contributed by atoms with Gasteiger partial charge in [-0.3, -0.25) is 4.72 Å². The molecule has 0 aliphatic rings. The zero-order valence-corrected chi connectivity index (χ0v) is 17.8. The van der Waals surface area contributed by atoms with Crippen molar-refractivity contribution < 1.29 is 18.3 Å². The number of aryl methyl sites for hydroxylation is 1. The van der Waals surface area contributed by atoms with E-state index in [0.29, 0.717) is 34.7 Å². The summed E-state index contributed by atoms with van der Waals surface area (Å²) in [6, 6.07) is 19.9.